The predicted molar refractivity (Wildman–Crippen MR) is 126 cm³/mol. The highest BCUT2D eigenvalue weighted by Gasteiger charge is 2.20. The van der Waals surface area contributed by atoms with Crippen molar-refractivity contribution in [1.82, 2.24) is 23.7 Å². The van der Waals surface area contributed by atoms with Crippen LogP contribution < -0.4 is 20.7 Å². The van der Waals surface area contributed by atoms with E-state index < -0.39 is 11.2 Å². The smallest absolute Gasteiger partial charge is 0.332 e. The molecule has 0 aliphatic rings. The second kappa shape index (κ2) is 9.29. The first-order valence-electron chi connectivity index (χ1n) is 10.2. The van der Waals surface area contributed by atoms with Crippen LogP contribution in [0.4, 0.5) is 0 Å². The Morgan fingerprint density at radius 2 is 1.67 bits per heavy atom. The molecule has 11 heteroatoms. The van der Waals surface area contributed by atoms with E-state index in [0.29, 0.717) is 33.6 Å². The van der Waals surface area contributed by atoms with Crippen LogP contribution >= 0.6 is 23.2 Å². The van der Waals surface area contributed by atoms with Gasteiger partial charge in [0.1, 0.15) is 16.5 Å². The predicted octanol–water partition coefficient (Wildman–Crippen LogP) is 4.52. The number of imidazole rings is 1. The number of ether oxygens (including phenoxy) is 2. The summed E-state index contributed by atoms with van der Waals surface area (Å²) in [4.78, 5) is 33.7. The summed E-state index contributed by atoms with van der Waals surface area (Å²) < 4.78 is 15.8. The molecule has 1 aromatic carbocycles. The minimum Gasteiger partial charge on any atom is -0.438 e. The Morgan fingerprint density at radius 1 is 1.00 bits per heavy atom. The van der Waals surface area contributed by atoms with E-state index >= 15 is 0 Å². The molecule has 3 aromatic heterocycles. The van der Waals surface area contributed by atoms with Gasteiger partial charge in [-0.25, -0.2) is 9.78 Å². The molecule has 0 unspecified atom stereocenters. The molecule has 0 radical (unpaired) electrons. The second-order valence-corrected chi connectivity index (χ2v) is 8.24. The van der Waals surface area contributed by atoms with Gasteiger partial charge >= 0.3 is 11.7 Å². The quantitative estimate of drug-likeness (QED) is 0.378. The van der Waals surface area contributed by atoms with Crippen LogP contribution in [0.5, 0.6) is 23.4 Å². The van der Waals surface area contributed by atoms with Gasteiger partial charge in [0.2, 0.25) is 5.88 Å². The molecular weight excluding hydrogens is 469 g/mol. The van der Waals surface area contributed by atoms with E-state index in [4.69, 9.17) is 32.7 Å². The molecule has 0 spiro atoms. The molecule has 0 saturated heterocycles. The number of benzene rings is 1. The van der Waals surface area contributed by atoms with Crippen LogP contribution in [0.3, 0.4) is 0 Å². The number of unbranched alkanes of at least 4 members (excludes halogenated alkanes) is 1. The zero-order chi connectivity index (χ0) is 23.7. The van der Waals surface area contributed by atoms with Gasteiger partial charge in [0.05, 0.1) is 5.02 Å². The number of halogens is 2. The SMILES string of the molecule is CCCCn1c(Oc2ccc(Oc3ncc(Cl)cc3Cl)cc2)nc2c1c(=O)n(C)c(=O)n2C. The third-order valence-corrected chi connectivity index (χ3v) is 5.55. The van der Waals surface area contributed by atoms with Gasteiger partial charge in [0.25, 0.3) is 5.56 Å². The third kappa shape index (κ3) is 4.46. The number of rotatable bonds is 7. The number of hydrogen-bond acceptors (Lipinski definition) is 6. The fourth-order valence-corrected chi connectivity index (χ4v) is 3.72. The molecule has 0 aliphatic carbocycles. The van der Waals surface area contributed by atoms with Crippen LogP contribution in [-0.4, -0.2) is 23.7 Å². The first-order valence-corrected chi connectivity index (χ1v) is 11.0. The summed E-state index contributed by atoms with van der Waals surface area (Å²) >= 11 is 12.0. The first kappa shape index (κ1) is 22.9. The van der Waals surface area contributed by atoms with Crippen molar-refractivity contribution in [2.24, 2.45) is 14.1 Å². The van der Waals surface area contributed by atoms with E-state index in [2.05, 4.69) is 9.97 Å². The van der Waals surface area contributed by atoms with E-state index in [1.54, 1.807) is 41.9 Å². The normalized spacial score (nSPS) is 11.2. The maximum Gasteiger partial charge on any atom is 0.332 e. The maximum absolute atomic E-state index is 12.8. The van der Waals surface area contributed by atoms with Gasteiger partial charge < -0.3 is 9.47 Å². The lowest BCUT2D eigenvalue weighted by molar-refractivity contribution is 0.409. The van der Waals surface area contributed by atoms with Crippen molar-refractivity contribution in [3.05, 3.63) is 67.4 Å². The van der Waals surface area contributed by atoms with E-state index in [-0.39, 0.29) is 17.5 Å². The molecule has 4 rings (SSSR count). The summed E-state index contributed by atoms with van der Waals surface area (Å²) in [7, 11) is 3.02. The summed E-state index contributed by atoms with van der Waals surface area (Å²) in [5, 5.41) is 0.703. The highest BCUT2D eigenvalue weighted by Crippen LogP contribution is 2.31. The molecule has 4 aromatic rings. The van der Waals surface area contributed by atoms with E-state index in [0.717, 1.165) is 17.4 Å². The van der Waals surface area contributed by atoms with Crippen LogP contribution in [0.1, 0.15) is 19.8 Å². The van der Waals surface area contributed by atoms with Crippen LogP contribution in [-0.2, 0) is 20.6 Å². The average molecular weight is 490 g/mol. The van der Waals surface area contributed by atoms with Crippen molar-refractivity contribution in [3.63, 3.8) is 0 Å². The Kier molecular flexibility index (Phi) is 6.44. The molecule has 0 N–H and O–H groups in total. The summed E-state index contributed by atoms with van der Waals surface area (Å²) in [6, 6.07) is 8.54. The summed E-state index contributed by atoms with van der Waals surface area (Å²) in [5.41, 5.74) is -0.262. The first-order chi connectivity index (χ1) is 15.8. The summed E-state index contributed by atoms with van der Waals surface area (Å²) in [5.74, 6) is 1.20. The number of nitrogens with zero attached hydrogens (tertiary/aromatic N) is 5. The average Bonchev–Trinajstić information content (AvgIpc) is 3.16. The Hall–Kier alpha value is -3.30. The highest BCUT2D eigenvalue weighted by molar-refractivity contribution is 6.35. The number of hydrogen-bond donors (Lipinski definition) is 0. The number of aryl methyl sites for hydroxylation is 2. The molecule has 0 aliphatic heterocycles. The Labute approximate surface area is 198 Å². The number of pyridine rings is 1. The standard InChI is InChI=1S/C22H21Cl2N5O4/c1-4-5-10-29-17-18(27(2)22(31)28(3)20(17)30)26-21(29)33-15-8-6-14(7-9-15)32-19-16(24)11-13(23)12-25-19/h6-9,11-12H,4-5,10H2,1-3H3. The second-order valence-electron chi connectivity index (χ2n) is 7.39. The van der Waals surface area contributed by atoms with Crippen molar-refractivity contribution in [3.8, 4) is 23.4 Å². The van der Waals surface area contributed by atoms with Gasteiger partial charge in [-0.05, 0) is 36.8 Å². The Balaban J connectivity index is 1.67. The van der Waals surface area contributed by atoms with Crippen LogP contribution in [0.15, 0.2) is 46.1 Å². The molecule has 33 heavy (non-hydrogen) atoms. The van der Waals surface area contributed by atoms with Crippen molar-refractivity contribution in [1.29, 1.82) is 0 Å². The molecule has 0 fully saturated rings. The van der Waals surface area contributed by atoms with Gasteiger partial charge in [0, 0.05) is 26.8 Å². The number of aromatic nitrogens is 5. The van der Waals surface area contributed by atoms with Crippen molar-refractivity contribution in [2.45, 2.75) is 26.3 Å². The third-order valence-electron chi connectivity index (χ3n) is 5.07. The zero-order valence-corrected chi connectivity index (χ0v) is 19.7. The maximum atomic E-state index is 12.8. The fourth-order valence-electron chi connectivity index (χ4n) is 3.30. The zero-order valence-electron chi connectivity index (χ0n) is 18.2. The molecule has 0 atom stereocenters. The van der Waals surface area contributed by atoms with Gasteiger partial charge in [0.15, 0.2) is 11.2 Å². The molecular formula is C22H21Cl2N5O4. The monoisotopic (exact) mass is 489 g/mol. The summed E-state index contributed by atoms with van der Waals surface area (Å²) in [6.07, 6.45) is 3.17. The topological polar surface area (TPSA) is 93.2 Å². The highest BCUT2D eigenvalue weighted by atomic mass is 35.5. The molecule has 0 bridgehead atoms. The van der Waals surface area contributed by atoms with Crippen LogP contribution in [0.25, 0.3) is 11.2 Å². The van der Waals surface area contributed by atoms with E-state index in [9.17, 15) is 9.59 Å². The van der Waals surface area contributed by atoms with Crippen LogP contribution in [0.2, 0.25) is 10.0 Å². The summed E-state index contributed by atoms with van der Waals surface area (Å²) in [6.45, 7) is 2.58. The molecule has 3 heterocycles. The van der Waals surface area contributed by atoms with Gasteiger partial charge in [-0.3, -0.25) is 18.5 Å². The van der Waals surface area contributed by atoms with Crippen molar-refractivity contribution in [2.75, 3.05) is 0 Å². The van der Waals surface area contributed by atoms with Crippen LogP contribution in [0, 0.1) is 0 Å². The van der Waals surface area contributed by atoms with Crippen molar-refractivity contribution < 1.29 is 9.47 Å². The van der Waals surface area contributed by atoms with Gasteiger partial charge in [-0.15, -0.1) is 0 Å². The lowest BCUT2D eigenvalue weighted by Crippen LogP contribution is -2.37. The number of fused-ring (bicyclic) bond motifs is 1. The molecule has 0 amide bonds. The fraction of sp³-hybridized carbons (Fsp3) is 0.273. The minimum atomic E-state index is -0.449. The van der Waals surface area contributed by atoms with Gasteiger partial charge in [-0.1, -0.05) is 36.5 Å². The van der Waals surface area contributed by atoms with E-state index in [1.807, 2.05) is 6.92 Å². The lowest BCUT2D eigenvalue weighted by Gasteiger charge is -2.10. The largest absolute Gasteiger partial charge is 0.438 e. The molecule has 172 valence electrons. The molecule has 9 nitrogen and oxygen atoms in total. The Bertz CT molecular complexity index is 1440. The van der Waals surface area contributed by atoms with Gasteiger partial charge in [-0.2, -0.15) is 4.98 Å². The Morgan fingerprint density at radius 3 is 2.30 bits per heavy atom. The van der Waals surface area contributed by atoms with Crippen molar-refractivity contribution >= 4 is 34.4 Å². The lowest BCUT2D eigenvalue weighted by atomic mass is 10.3. The van der Waals surface area contributed by atoms with E-state index in [1.165, 1.54) is 17.8 Å². The minimum absolute atomic E-state index is 0.229. The molecule has 0 saturated carbocycles.